The van der Waals surface area contributed by atoms with Crippen molar-refractivity contribution in [3.63, 3.8) is 0 Å². The molecule has 0 spiro atoms. The molecule has 3 rings (SSSR count). The van der Waals surface area contributed by atoms with E-state index < -0.39 is 0 Å². The zero-order chi connectivity index (χ0) is 15.7. The van der Waals surface area contributed by atoms with Crippen molar-refractivity contribution in [2.45, 2.75) is 78.4 Å². The Morgan fingerprint density at radius 3 is 2.32 bits per heavy atom. The molecule has 3 aliphatic rings. The van der Waals surface area contributed by atoms with Gasteiger partial charge in [0.2, 0.25) is 0 Å². The van der Waals surface area contributed by atoms with Crippen molar-refractivity contribution in [3.8, 4) is 0 Å². The molecule has 0 amide bonds. The lowest BCUT2D eigenvalue weighted by Crippen LogP contribution is -2.45. The molecule has 0 aromatic rings. The van der Waals surface area contributed by atoms with Crippen LogP contribution in [0.3, 0.4) is 0 Å². The lowest BCUT2D eigenvalue weighted by Gasteiger charge is -2.40. The molecule has 3 fully saturated rings. The third-order valence-electron chi connectivity index (χ3n) is 7.25. The minimum absolute atomic E-state index is 0.283. The maximum atomic E-state index is 6.06. The first-order valence-electron chi connectivity index (χ1n) is 9.81. The lowest BCUT2D eigenvalue weighted by molar-refractivity contribution is -0.292. The quantitative estimate of drug-likeness (QED) is 0.623. The Kier molecular flexibility index (Phi) is 5.19. The summed E-state index contributed by atoms with van der Waals surface area (Å²) in [4.78, 5) is 0. The minimum atomic E-state index is -0.283. The fraction of sp³-hybridized carbons (Fsp3) is 1.00. The van der Waals surface area contributed by atoms with Gasteiger partial charge in [0.25, 0.3) is 0 Å². The molecule has 22 heavy (non-hydrogen) atoms. The summed E-state index contributed by atoms with van der Waals surface area (Å²) in [7, 11) is 0. The molecular formula is C20H36O2. The molecule has 2 saturated carbocycles. The first-order chi connectivity index (χ1) is 10.5. The fourth-order valence-electron chi connectivity index (χ4n) is 5.56. The van der Waals surface area contributed by atoms with E-state index in [0.717, 1.165) is 55.6 Å². The third-order valence-corrected chi connectivity index (χ3v) is 7.25. The summed E-state index contributed by atoms with van der Waals surface area (Å²) in [6, 6.07) is 0. The maximum absolute atomic E-state index is 6.06. The second-order valence-corrected chi connectivity index (χ2v) is 8.64. The van der Waals surface area contributed by atoms with Gasteiger partial charge in [-0.15, -0.1) is 0 Å². The number of hydrogen-bond donors (Lipinski definition) is 0. The smallest absolute Gasteiger partial charge is 0.170 e. The van der Waals surface area contributed by atoms with Gasteiger partial charge in [-0.05, 0) is 55.3 Å². The van der Waals surface area contributed by atoms with E-state index in [1.54, 1.807) is 0 Å². The minimum Gasteiger partial charge on any atom is -0.350 e. The van der Waals surface area contributed by atoms with Gasteiger partial charge < -0.3 is 9.47 Å². The van der Waals surface area contributed by atoms with Crippen LogP contribution in [0.4, 0.5) is 0 Å². The van der Waals surface area contributed by atoms with E-state index in [1.807, 2.05) is 0 Å². The molecule has 2 aliphatic carbocycles. The van der Waals surface area contributed by atoms with Crippen molar-refractivity contribution in [3.05, 3.63) is 0 Å². The van der Waals surface area contributed by atoms with Crippen molar-refractivity contribution in [2.24, 2.45) is 35.5 Å². The standard InChI is InChI=1S/C20H36O2/c1-14(2)20(21-10-7-11-22-20)9-6-5-8-17-12-18-13-19(17)16(4)15(18)3/h14-19H,5-13H2,1-4H3. The van der Waals surface area contributed by atoms with Gasteiger partial charge in [-0.25, -0.2) is 0 Å². The van der Waals surface area contributed by atoms with E-state index in [2.05, 4.69) is 27.7 Å². The summed E-state index contributed by atoms with van der Waals surface area (Å²) in [5.74, 6) is 5.20. The lowest BCUT2D eigenvalue weighted by atomic mass is 9.74. The highest BCUT2D eigenvalue weighted by Crippen LogP contribution is 2.56. The van der Waals surface area contributed by atoms with Gasteiger partial charge in [0, 0.05) is 12.3 Å². The number of fused-ring (bicyclic) bond motifs is 2. The van der Waals surface area contributed by atoms with Crippen LogP contribution >= 0.6 is 0 Å². The van der Waals surface area contributed by atoms with Gasteiger partial charge >= 0.3 is 0 Å². The van der Waals surface area contributed by atoms with E-state index in [0.29, 0.717) is 5.92 Å². The number of hydrogen-bond acceptors (Lipinski definition) is 2. The van der Waals surface area contributed by atoms with E-state index >= 15 is 0 Å². The number of ether oxygens (including phenoxy) is 2. The topological polar surface area (TPSA) is 18.5 Å². The van der Waals surface area contributed by atoms with Crippen molar-refractivity contribution in [2.75, 3.05) is 13.2 Å². The second kappa shape index (κ2) is 6.81. The molecule has 2 nitrogen and oxygen atoms in total. The molecule has 0 aromatic carbocycles. The van der Waals surface area contributed by atoms with Crippen LogP contribution in [-0.4, -0.2) is 19.0 Å². The number of rotatable bonds is 6. The fourth-order valence-corrected chi connectivity index (χ4v) is 5.56. The molecule has 128 valence electrons. The average molecular weight is 309 g/mol. The Bertz CT molecular complexity index is 357. The monoisotopic (exact) mass is 308 g/mol. The highest BCUT2D eigenvalue weighted by molar-refractivity contribution is 4.97. The van der Waals surface area contributed by atoms with Crippen molar-refractivity contribution >= 4 is 0 Å². The zero-order valence-corrected chi connectivity index (χ0v) is 15.1. The van der Waals surface area contributed by atoms with Crippen molar-refractivity contribution in [1.29, 1.82) is 0 Å². The van der Waals surface area contributed by atoms with Crippen LogP contribution < -0.4 is 0 Å². The normalized spacial score (nSPS) is 40.5. The van der Waals surface area contributed by atoms with Crippen LogP contribution in [-0.2, 0) is 9.47 Å². The van der Waals surface area contributed by atoms with Gasteiger partial charge in [-0.2, -0.15) is 0 Å². The third kappa shape index (κ3) is 3.11. The Morgan fingerprint density at radius 1 is 1.00 bits per heavy atom. The van der Waals surface area contributed by atoms with Crippen LogP contribution in [0.15, 0.2) is 0 Å². The van der Waals surface area contributed by atoms with E-state index in [4.69, 9.17) is 9.47 Å². The second-order valence-electron chi connectivity index (χ2n) is 8.64. The predicted octanol–water partition coefficient (Wildman–Crippen LogP) is 5.26. The molecule has 5 unspecified atom stereocenters. The molecule has 0 radical (unpaired) electrons. The largest absolute Gasteiger partial charge is 0.350 e. The first-order valence-corrected chi connectivity index (χ1v) is 9.81. The SMILES string of the molecule is CC1C2CC(CCCCC3(C(C)C)OCCCO3)C(C2)C1C. The summed E-state index contributed by atoms with van der Waals surface area (Å²) < 4.78 is 12.1. The van der Waals surface area contributed by atoms with Crippen LogP contribution in [0.2, 0.25) is 0 Å². The number of unbranched alkanes of at least 4 members (excludes halogenated alkanes) is 1. The Labute approximate surface area is 137 Å². The average Bonchev–Trinajstić information content (AvgIpc) is 3.05. The Morgan fingerprint density at radius 2 is 1.73 bits per heavy atom. The first kappa shape index (κ1) is 16.8. The molecule has 1 aliphatic heterocycles. The highest BCUT2D eigenvalue weighted by Gasteiger charge is 2.48. The summed E-state index contributed by atoms with van der Waals surface area (Å²) >= 11 is 0. The predicted molar refractivity (Wildman–Crippen MR) is 90.6 cm³/mol. The molecular weight excluding hydrogens is 272 g/mol. The van der Waals surface area contributed by atoms with E-state index in [9.17, 15) is 0 Å². The van der Waals surface area contributed by atoms with E-state index in [1.165, 1.54) is 32.1 Å². The summed E-state index contributed by atoms with van der Waals surface area (Å²) in [5.41, 5.74) is 0. The van der Waals surface area contributed by atoms with Crippen LogP contribution in [0, 0.1) is 35.5 Å². The molecule has 0 N–H and O–H groups in total. The molecule has 1 saturated heterocycles. The zero-order valence-electron chi connectivity index (χ0n) is 15.1. The van der Waals surface area contributed by atoms with Crippen molar-refractivity contribution in [1.82, 2.24) is 0 Å². The highest BCUT2D eigenvalue weighted by atomic mass is 16.7. The van der Waals surface area contributed by atoms with Crippen molar-refractivity contribution < 1.29 is 9.47 Å². The van der Waals surface area contributed by atoms with E-state index in [-0.39, 0.29) is 5.79 Å². The summed E-state index contributed by atoms with van der Waals surface area (Å²) in [5, 5.41) is 0. The Balaban J connectivity index is 1.42. The molecule has 5 atom stereocenters. The van der Waals surface area contributed by atoms with Crippen LogP contribution in [0.5, 0.6) is 0 Å². The van der Waals surface area contributed by atoms with Gasteiger partial charge in [0.15, 0.2) is 5.79 Å². The van der Waals surface area contributed by atoms with Gasteiger partial charge in [-0.1, -0.05) is 40.5 Å². The summed E-state index contributed by atoms with van der Waals surface area (Å²) in [6.45, 7) is 11.2. The van der Waals surface area contributed by atoms with Gasteiger partial charge in [0.1, 0.15) is 0 Å². The molecule has 0 aromatic heterocycles. The maximum Gasteiger partial charge on any atom is 0.170 e. The van der Waals surface area contributed by atoms with Crippen LogP contribution in [0.1, 0.15) is 72.6 Å². The van der Waals surface area contributed by atoms with Gasteiger partial charge in [0.05, 0.1) is 13.2 Å². The Hall–Kier alpha value is -0.0800. The summed E-state index contributed by atoms with van der Waals surface area (Å²) in [6.07, 6.45) is 9.22. The van der Waals surface area contributed by atoms with Crippen LogP contribution in [0.25, 0.3) is 0 Å². The molecule has 2 bridgehead atoms. The van der Waals surface area contributed by atoms with Gasteiger partial charge in [-0.3, -0.25) is 0 Å². The molecule has 2 heteroatoms. The molecule has 1 heterocycles.